The van der Waals surface area contributed by atoms with E-state index >= 15 is 0 Å². The fraction of sp³-hybridized carbons (Fsp3) is 0.438. The highest BCUT2D eigenvalue weighted by Gasteiger charge is 2.35. The fourth-order valence-electron chi connectivity index (χ4n) is 2.80. The third-order valence-corrected chi connectivity index (χ3v) is 4.83. The molecule has 2 heterocycles. The van der Waals surface area contributed by atoms with Crippen LogP contribution in [-0.4, -0.2) is 36.1 Å². The lowest BCUT2D eigenvalue weighted by Gasteiger charge is -2.31. The highest BCUT2D eigenvalue weighted by atomic mass is 32.2. The van der Waals surface area contributed by atoms with Gasteiger partial charge in [-0.15, -0.1) is 5.10 Å². The highest BCUT2D eigenvalue weighted by molar-refractivity contribution is 8.15. The number of thioether (sulfide) groups is 1. The molecule has 2 aliphatic rings. The van der Waals surface area contributed by atoms with E-state index in [2.05, 4.69) is 15.5 Å². The van der Waals surface area contributed by atoms with Gasteiger partial charge in [0.2, 0.25) is 5.91 Å². The van der Waals surface area contributed by atoms with E-state index in [-0.39, 0.29) is 17.3 Å². The van der Waals surface area contributed by atoms with Gasteiger partial charge in [-0.25, -0.2) is 0 Å². The Balaban J connectivity index is 1.82. The van der Waals surface area contributed by atoms with Crippen LogP contribution in [0.3, 0.4) is 0 Å². The Labute approximate surface area is 147 Å². The lowest BCUT2D eigenvalue weighted by atomic mass is 10.0. The summed E-state index contributed by atoms with van der Waals surface area (Å²) in [7, 11) is 0. The van der Waals surface area contributed by atoms with Gasteiger partial charge in [0.25, 0.3) is 0 Å². The summed E-state index contributed by atoms with van der Waals surface area (Å²) in [5, 5.41) is 10.4. The maximum Gasteiger partial charge on any atom is 0.418 e. The SMILES string of the molecule is O=C1CSC(=NN=Cc2ccc(N3CCCCC3)c(C(F)(F)F)c2)N1. The van der Waals surface area contributed by atoms with E-state index in [0.29, 0.717) is 23.8 Å². The first kappa shape index (κ1) is 17.8. The number of benzene rings is 1. The Hall–Kier alpha value is -2.03. The summed E-state index contributed by atoms with van der Waals surface area (Å²) in [6.07, 6.45) is -0.314. The van der Waals surface area contributed by atoms with Crippen LogP contribution in [0.5, 0.6) is 0 Å². The number of nitrogens with one attached hydrogen (secondary N) is 1. The van der Waals surface area contributed by atoms with Gasteiger partial charge in [-0.1, -0.05) is 17.8 Å². The third kappa shape index (κ3) is 4.53. The van der Waals surface area contributed by atoms with Crippen molar-refractivity contribution in [3.8, 4) is 0 Å². The Morgan fingerprint density at radius 3 is 2.60 bits per heavy atom. The number of amides is 1. The van der Waals surface area contributed by atoms with Gasteiger partial charge in [-0.2, -0.15) is 18.3 Å². The van der Waals surface area contributed by atoms with E-state index in [9.17, 15) is 18.0 Å². The molecule has 1 amide bonds. The molecule has 2 fully saturated rings. The van der Waals surface area contributed by atoms with Crippen molar-refractivity contribution < 1.29 is 18.0 Å². The topological polar surface area (TPSA) is 57.1 Å². The van der Waals surface area contributed by atoms with Crippen LogP contribution in [-0.2, 0) is 11.0 Å². The van der Waals surface area contributed by atoms with Crippen molar-refractivity contribution in [1.29, 1.82) is 0 Å². The molecular formula is C16H17F3N4OS. The fourth-order valence-corrected chi connectivity index (χ4v) is 3.43. The maximum atomic E-state index is 13.4. The summed E-state index contributed by atoms with van der Waals surface area (Å²) in [5.41, 5.74) is -0.129. The van der Waals surface area contributed by atoms with Crippen LogP contribution in [0.25, 0.3) is 0 Å². The van der Waals surface area contributed by atoms with E-state index in [1.54, 1.807) is 11.0 Å². The van der Waals surface area contributed by atoms with Crippen molar-refractivity contribution in [2.24, 2.45) is 10.2 Å². The Kier molecular flexibility index (Phi) is 5.31. The van der Waals surface area contributed by atoms with Gasteiger partial charge in [0.05, 0.1) is 17.5 Å². The first-order valence-corrected chi connectivity index (χ1v) is 8.92. The van der Waals surface area contributed by atoms with E-state index in [1.807, 2.05) is 0 Å². The quantitative estimate of drug-likeness (QED) is 0.656. The molecule has 25 heavy (non-hydrogen) atoms. The number of carbonyl (C=O) groups is 1. The molecule has 0 saturated carbocycles. The summed E-state index contributed by atoms with van der Waals surface area (Å²) < 4.78 is 40.3. The first-order chi connectivity index (χ1) is 11.9. The molecule has 5 nitrogen and oxygen atoms in total. The van der Waals surface area contributed by atoms with Crippen molar-refractivity contribution in [1.82, 2.24) is 5.32 Å². The number of carbonyl (C=O) groups excluding carboxylic acids is 1. The molecule has 1 aromatic carbocycles. The normalized spacial score (nSPS) is 20.5. The van der Waals surface area contributed by atoms with Crippen molar-refractivity contribution in [2.45, 2.75) is 25.4 Å². The van der Waals surface area contributed by atoms with Crippen molar-refractivity contribution >= 4 is 34.7 Å². The molecule has 0 spiro atoms. The molecule has 0 aromatic heterocycles. The molecule has 0 radical (unpaired) electrons. The largest absolute Gasteiger partial charge is 0.418 e. The van der Waals surface area contributed by atoms with Crippen molar-refractivity contribution in [3.63, 3.8) is 0 Å². The van der Waals surface area contributed by atoms with Crippen molar-refractivity contribution in [2.75, 3.05) is 23.7 Å². The van der Waals surface area contributed by atoms with Gasteiger partial charge < -0.3 is 10.2 Å². The molecule has 2 saturated heterocycles. The van der Waals surface area contributed by atoms with Gasteiger partial charge in [0.15, 0.2) is 5.17 Å². The minimum Gasteiger partial charge on any atom is -0.371 e. The van der Waals surface area contributed by atoms with Crippen LogP contribution in [0.4, 0.5) is 18.9 Å². The van der Waals surface area contributed by atoms with Crippen LogP contribution in [0.2, 0.25) is 0 Å². The average Bonchev–Trinajstić information content (AvgIpc) is 3.00. The predicted molar refractivity (Wildman–Crippen MR) is 93.1 cm³/mol. The summed E-state index contributed by atoms with van der Waals surface area (Å²) in [5.74, 6) is 0.112. The van der Waals surface area contributed by atoms with Crippen LogP contribution >= 0.6 is 11.8 Å². The standard InChI is InChI=1S/C16H17F3N4OS/c17-16(18,19)12-8-11(9-20-22-15-21-14(24)10-25-15)4-5-13(12)23-6-2-1-3-7-23/h4-5,8-9H,1-3,6-7,10H2,(H,21,22,24). The number of nitrogens with zero attached hydrogens (tertiary/aromatic N) is 3. The van der Waals surface area contributed by atoms with Gasteiger partial charge in [0.1, 0.15) is 0 Å². The molecule has 0 unspecified atom stereocenters. The minimum absolute atomic E-state index is 0.163. The number of piperidine rings is 1. The summed E-state index contributed by atoms with van der Waals surface area (Å²) in [6, 6.07) is 4.19. The first-order valence-electron chi connectivity index (χ1n) is 7.93. The van der Waals surface area contributed by atoms with E-state index < -0.39 is 11.7 Å². The van der Waals surface area contributed by atoms with Gasteiger partial charge in [0, 0.05) is 18.8 Å². The Morgan fingerprint density at radius 2 is 1.96 bits per heavy atom. The van der Waals surface area contributed by atoms with Crippen LogP contribution in [0.1, 0.15) is 30.4 Å². The molecule has 1 aromatic rings. The monoisotopic (exact) mass is 370 g/mol. The molecule has 0 atom stereocenters. The summed E-state index contributed by atoms with van der Waals surface area (Å²) >= 11 is 1.20. The van der Waals surface area contributed by atoms with Crippen LogP contribution in [0.15, 0.2) is 28.4 Å². The number of halogens is 3. The number of hydrogen-bond acceptors (Lipinski definition) is 5. The molecule has 2 aliphatic heterocycles. The molecular weight excluding hydrogens is 353 g/mol. The lowest BCUT2D eigenvalue weighted by molar-refractivity contribution is -0.137. The number of alkyl halides is 3. The number of hydrogen-bond donors (Lipinski definition) is 1. The third-order valence-electron chi connectivity index (χ3n) is 3.96. The zero-order chi connectivity index (χ0) is 17.9. The maximum absolute atomic E-state index is 13.4. The molecule has 9 heteroatoms. The minimum atomic E-state index is -4.43. The Morgan fingerprint density at radius 1 is 1.20 bits per heavy atom. The zero-order valence-electron chi connectivity index (χ0n) is 13.3. The second kappa shape index (κ2) is 7.47. The van der Waals surface area contributed by atoms with Crippen LogP contribution < -0.4 is 10.2 Å². The Bertz CT molecular complexity index is 712. The van der Waals surface area contributed by atoms with E-state index in [1.165, 1.54) is 24.0 Å². The summed E-state index contributed by atoms with van der Waals surface area (Å²) in [4.78, 5) is 12.8. The number of amidine groups is 1. The lowest BCUT2D eigenvalue weighted by Crippen LogP contribution is -2.31. The smallest absolute Gasteiger partial charge is 0.371 e. The zero-order valence-corrected chi connectivity index (χ0v) is 14.2. The molecule has 0 bridgehead atoms. The van der Waals surface area contributed by atoms with E-state index in [4.69, 9.17) is 0 Å². The number of rotatable bonds is 3. The average molecular weight is 370 g/mol. The van der Waals surface area contributed by atoms with Gasteiger partial charge in [-0.3, -0.25) is 4.79 Å². The molecule has 3 rings (SSSR count). The summed E-state index contributed by atoms with van der Waals surface area (Å²) in [6.45, 7) is 1.28. The van der Waals surface area contributed by atoms with Crippen molar-refractivity contribution in [3.05, 3.63) is 29.3 Å². The highest BCUT2D eigenvalue weighted by Crippen LogP contribution is 2.38. The molecule has 0 aliphatic carbocycles. The number of anilines is 1. The van der Waals surface area contributed by atoms with Gasteiger partial charge in [-0.05, 0) is 37.0 Å². The predicted octanol–water partition coefficient (Wildman–Crippen LogP) is 3.25. The second-order valence-corrected chi connectivity index (χ2v) is 6.77. The van der Waals surface area contributed by atoms with Crippen LogP contribution in [0, 0.1) is 0 Å². The molecule has 134 valence electrons. The second-order valence-electron chi connectivity index (χ2n) is 5.81. The molecule has 1 N–H and O–H groups in total. The van der Waals surface area contributed by atoms with E-state index in [0.717, 1.165) is 25.3 Å². The van der Waals surface area contributed by atoms with Gasteiger partial charge >= 0.3 is 6.18 Å².